The Balaban J connectivity index is 1.49. The molecule has 0 aromatic carbocycles. The Hall–Kier alpha value is -2.49. The van der Waals surface area contributed by atoms with Crippen LogP contribution in [0.25, 0.3) is 28.0 Å². The molecule has 7 nitrogen and oxygen atoms in total. The van der Waals surface area contributed by atoms with Gasteiger partial charge in [-0.05, 0) is 47.0 Å². The number of rotatable bonds is 5. The number of fused-ring (bicyclic) bond motifs is 1. The van der Waals surface area contributed by atoms with E-state index in [-0.39, 0.29) is 0 Å². The van der Waals surface area contributed by atoms with Gasteiger partial charge in [-0.3, -0.25) is 14.3 Å². The van der Waals surface area contributed by atoms with E-state index < -0.39 is 0 Å². The van der Waals surface area contributed by atoms with Crippen LogP contribution in [0.15, 0.2) is 53.5 Å². The quantitative estimate of drug-likeness (QED) is 0.377. The molecule has 5 rings (SSSR count). The Labute approximate surface area is 199 Å². The number of hydrogen-bond donors (Lipinski definition) is 1. The van der Waals surface area contributed by atoms with Crippen LogP contribution in [-0.2, 0) is 0 Å². The van der Waals surface area contributed by atoms with Crippen molar-refractivity contribution in [3.8, 4) is 22.4 Å². The highest BCUT2D eigenvalue weighted by Crippen LogP contribution is 2.37. The van der Waals surface area contributed by atoms with Crippen molar-refractivity contribution in [1.82, 2.24) is 28.9 Å². The fraction of sp³-hybridized carbons (Fsp3) is 0.304. The van der Waals surface area contributed by atoms with Crippen molar-refractivity contribution in [2.75, 3.05) is 24.6 Å². The highest BCUT2D eigenvalue weighted by atomic mass is 79.9. The molecule has 4 aromatic heterocycles. The van der Waals surface area contributed by atoms with Crippen molar-refractivity contribution in [1.29, 1.82) is 0 Å². The number of pyridine rings is 2. The van der Waals surface area contributed by atoms with Gasteiger partial charge in [-0.15, -0.1) is 0 Å². The first-order valence-corrected chi connectivity index (χ1v) is 12.5. The van der Waals surface area contributed by atoms with Crippen LogP contribution in [0, 0.1) is 0 Å². The summed E-state index contributed by atoms with van der Waals surface area (Å²) in [6, 6.07) is 7.96. The summed E-state index contributed by atoms with van der Waals surface area (Å²) in [6.45, 7) is 4.32. The molecule has 0 atom stereocenters. The number of piperidine rings is 1. The minimum absolute atomic E-state index is 0.374. The van der Waals surface area contributed by atoms with E-state index in [2.05, 4.69) is 42.2 Å². The monoisotopic (exact) mass is 509 g/mol. The molecule has 0 bridgehead atoms. The van der Waals surface area contributed by atoms with Crippen molar-refractivity contribution in [2.24, 2.45) is 0 Å². The van der Waals surface area contributed by atoms with Crippen LogP contribution in [-0.4, -0.2) is 47.7 Å². The molecule has 2 N–H and O–H groups in total. The predicted octanol–water partition coefficient (Wildman–Crippen LogP) is 5.05. The van der Waals surface area contributed by atoms with E-state index in [9.17, 15) is 0 Å². The lowest BCUT2D eigenvalue weighted by Gasteiger charge is -2.31. The lowest BCUT2D eigenvalue weighted by Crippen LogP contribution is -2.28. The summed E-state index contributed by atoms with van der Waals surface area (Å²) in [4.78, 5) is 13.9. The molecule has 0 amide bonds. The summed E-state index contributed by atoms with van der Waals surface area (Å²) in [7, 11) is 0. The first kappa shape index (κ1) is 21.4. The average Bonchev–Trinajstić information content (AvgIpc) is 3.27. The maximum absolute atomic E-state index is 6.47. The molecule has 0 unspecified atom stereocenters. The first-order chi connectivity index (χ1) is 15.7. The van der Waals surface area contributed by atoms with Gasteiger partial charge in [-0.2, -0.15) is 9.61 Å². The molecule has 9 heteroatoms. The Morgan fingerprint density at radius 2 is 1.97 bits per heavy atom. The molecule has 164 valence electrons. The SMILES string of the molecule is CCSN1CCC(c2nc3c(-c4ccc(-c5cccnc5)nc4)cnn3c(N)c2Br)CC1. The van der Waals surface area contributed by atoms with Gasteiger partial charge >= 0.3 is 0 Å². The summed E-state index contributed by atoms with van der Waals surface area (Å²) in [5.41, 5.74) is 12.0. The number of nitrogen functional groups attached to an aromatic ring is 1. The zero-order valence-electron chi connectivity index (χ0n) is 17.8. The van der Waals surface area contributed by atoms with Crippen LogP contribution in [0.5, 0.6) is 0 Å². The number of nitrogens with two attached hydrogens (primary N) is 1. The van der Waals surface area contributed by atoms with Gasteiger partial charge in [-0.25, -0.2) is 4.98 Å². The maximum Gasteiger partial charge on any atom is 0.165 e. The van der Waals surface area contributed by atoms with Crippen molar-refractivity contribution in [3.63, 3.8) is 0 Å². The summed E-state index contributed by atoms with van der Waals surface area (Å²) in [5, 5.41) is 4.51. The first-order valence-electron chi connectivity index (χ1n) is 10.7. The molecule has 1 aliphatic rings. The second kappa shape index (κ2) is 9.17. The third-order valence-corrected chi connectivity index (χ3v) is 7.63. The second-order valence-corrected chi connectivity index (χ2v) is 9.93. The van der Waals surface area contributed by atoms with Gasteiger partial charge in [0.2, 0.25) is 0 Å². The highest BCUT2D eigenvalue weighted by molar-refractivity contribution is 9.10. The molecule has 0 saturated carbocycles. The lowest BCUT2D eigenvalue weighted by molar-refractivity contribution is 0.342. The average molecular weight is 510 g/mol. The normalized spacial score (nSPS) is 15.4. The van der Waals surface area contributed by atoms with E-state index >= 15 is 0 Å². The summed E-state index contributed by atoms with van der Waals surface area (Å²) in [6.07, 6.45) is 9.39. The van der Waals surface area contributed by atoms with E-state index in [1.54, 1.807) is 10.7 Å². The Bertz CT molecular complexity index is 1220. The third kappa shape index (κ3) is 4.00. The van der Waals surface area contributed by atoms with Crippen LogP contribution >= 0.6 is 27.9 Å². The largest absolute Gasteiger partial charge is 0.383 e. The molecular formula is C23H24BrN7S. The fourth-order valence-electron chi connectivity index (χ4n) is 4.17. The van der Waals surface area contributed by atoms with E-state index in [0.717, 1.165) is 69.9 Å². The summed E-state index contributed by atoms with van der Waals surface area (Å²) >= 11 is 5.61. The van der Waals surface area contributed by atoms with E-state index in [1.807, 2.05) is 54.8 Å². The smallest absolute Gasteiger partial charge is 0.165 e. The molecule has 1 aliphatic heterocycles. The highest BCUT2D eigenvalue weighted by Gasteiger charge is 2.26. The molecule has 0 spiro atoms. The number of anilines is 1. The molecule has 1 saturated heterocycles. The summed E-state index contributed by atoms with van der Waals surface area (Å²) in [5.74, 6) is 2.07. The van der Waals surface area contributed by atoms with Crippen LogP contribution < -0.4 is 5.73 Å². The van der Waals surface area contributed by atoms with Gasteiger partial charge in [0.05, 0.1) is 22.1 Å². The zero-order chi connectivity index (χ0) is 22.1. The van der Waals surface area contributed by atoms with Crippen LogP contribution in [0.2, 0.25) is 0 Å². The zero-order valence-corrected chi connectivity index (χ0v) is 20.2. The second-order valence-electron chi connectivity index (χ2n) is 7.78. The van der Waals surface area contributed by atoms with Gasteiger partial charge in [-0.1, -0.05) is 24.9 Å². The van der Waals surface area contributed by atoms with E-state index in [4.69, 9.17) is 10.7 Å². The molecule has 0 radical (unpaired) electrons. The molecule has 0 aliphatic carbocycles. The Morgan fingerprint density at radius 3 is 2.66 bits per heavy atom. The minimum atomic E-state index is 0.374. The van der Waals surface area contributed by atoms with Crippen LogP contribution in [0.1, 0.15) is 31.4 Å². The Kier molecular flexibility index (Phi) is 6.12. The lowest BCUT2D eigenvalue weighted by atomic mass is 9.94. The van der Waals surface area contributed by atoms with Crippen LogP contribution in [0.4, 0.5) is 5.82 Å². The molecule has 1 fully saturated rings. The maximum atomic E-state index is 6.47. The fourth-order valence-corrected chi connectivity index (χ4v) is 5.58. The van der Waals surface area contributed by atoms with Crippen molar-refractivity contribution < 1.29 is 0 Å². The van der Waals surface area contributed by atoms with Gasteiger partial charge in [0.25, 0.3) is 0 Å². The predicted molar refractivity (Wildman–Crippen MR) is 133 cm³/mol. The molecule has 4 aromatic rings. The number of nitrogens with zero attached hydrogens (tertiary/aromatic N) is 6. The van der Waals surface area contributed by atoms with Crippen molar-refractivity contribution in [2.45, 2.75) is 25.7 Å². The topological polar surface area (TPSA) is 85.2 Å². The van der Waals surface area contributed by atoms with E-state index in [1.165, 1.54) is 0 Å². The number of halogens is 1. The van der Waals surface area contributed by atoms with Crippen molar-refractivity contribution >= 4 is 39.3 Å². The number of hydrogen-bond acceptors (Lipinski definition) is 7. The van der Waals surface area contributed by atoms with Gasteiger partial charge in [0.15, 0.2) is 5.65 Å². The van der Waals surface area contributed by atoms with Gasteiger partial charge in [0, 0.05) is 60.0 Å². The van der Waals surface area contributed by atoms with Gasteiger partial charge < -0.3 is 5.73 Å². The van der Waals surface area contributed by atoms with Crippen molar-refractivity contribution in [3.05, 3.63) is 59.2 Å². The number of aromatic nitrogens is 5. The van der Waals surface area contributed by atoms with E-state index in [0.29, 0.717) is 11.7 Å². The Morgan fingerprint density at radius 1 is 1.12 bits per heavy atom. The standard InChI is InChI=1S/C23H24BrN7S/c1-2-32-30-10-7-15(8-11-30)21-20(24)22(25)31-23(29-21)18(14-28-31)16-5-6-19(27-13-16)17-4-3-9-26-12-17/h3-6,9,12-15H,2,7-8,10-11,25H2,1H3. The molecule has 32 heavy (non-hydrogen) atoms. The minimum Gasteiger partial charge on any atom is -0.383 e. The van der Waals surface area contributed by atoms with Crippen LogP contribution in [0.3, 0.4) is 0 Å². The summed E-state index contributed by atoms with van der Waals surface area (Å²) < 4.78 is 5.01. The third-order valence-electron chi connectivity index (χ3n) is 5.83. The molecule has 5 heterocycles. The molecular weight excluding hydrogens is 486 g/mol. The van der Waals surface area contributed by atoms with Gasteiger partial charge in [0.1, 0.15) is 5.82 Å².